The maximum atomic E-state index is 12.4. The van der Waals surface area contributed by atoms with E-state index < -0.39 is 10.0 Å². The number of sulfonamides is 1. The van der Waals surface area contributed by atoms with Gasteiger partial charge < -0.3 is 4.74 Å². The Bertz CT molecular complexity index is 724. The van der Waals surface area contributed by atoms with Gasteiger partial charge in [0.1, 0.15) is 4.21 Å². The van der Waals surface area contributed by atoms with Gasteiger partial charge in [-0.15, -0.1) is 22.7 Å². The summed E-state index contributed by atoms with van der Waals surface area (Å²) in [5.74, 6) is 0. The van der Waals surface area contributed by atoms with Gasteiger partial charge in [0.25, 0.3) is 0 Å². The molecule has 1 fully saturated rings. The van der Waals surface area contributed by atoms with E-state index in [1.54, 1.807) is 17.4 Å². The Morgan fingerprint density at radius 1 is 1.30 bits per heavy atom. The van der Waals surface area contributed by atoms with Crippen molar-refractivity contribution in [2.75, 3.05) is 32.8 Å². The molecule has 126 valence electrons. The van der Waals surface area contributed by atoms with Crippen LogP contribution in [0, 0.1) is 0 Å². The van der Waals surface area contributed by atoms with Crippen molar-refractivity contribution >= 4 is 44.3 Å². The van der Waals surface area contributed by atoms with E-state index in [9.17, 15) is 8.42 Å². The molecule has 3 rings (SSSR count). The molecule has 0 saturated carbocycles. The molecule has 1 N–H and O–H groups in total. The molecule has 0 amide bonds. The zero-order valence-corrected chi connectivity index (χ0v) is 15.5. The molecular weight excluding hydrogens is 376 g/mol. The molecule has 23 heavy (non-hydrogen) atoms. The summed E-state index contributed by atoms with van der Waals surface area (Å²) < 4.78 is 33.6. The van der Waals surface area contributed by atoms with Crippen LogP contribution >= 0.6 is 34.3 Å². The van der Waals surface area contributed by atoms with Gasteiger partial charge in [-0.05, 0) is 23.6 Å². The number of hydrogen-bond acceptors (Lipinski definition) is 6. The van der Waals surface area contributed by atoms with Crippen LogP contribution in [0.5, 0.6) is 0 Å². The standard InChI is InChI=1S/C14H17ClN2O3S3/c15-13-3-4-14(22-13)23(18,19)16-10-11(12-2-1-9-21-12)17-5-7-20-8-6-17/h1-4,9,11,16H,5-8,10H2. The van der Waals surface area contributed by atoms with Gasteiger partial charge in [-0.2, -0.15) is 0 Å². The van der Waals surface area contributed by atoms with E-state index in [-0.39, 0.29) is 10.3 Å². The third kappa shape index (κ3) is 4.33. The summed E-state index contributed by atoms with van der Waals surface area (Å²) in [5, 5.41) is 2.01. The fourth-order valence-corrected chi connectivity index (χ4v) is 5.91. The Balaban J connectivity index is 1.73. The van der Waals surface area contributed by atoms with Gasteiger partial charge in [0.15, 0.2) is 0 Å². The minimum absolute atomic E-state index is 0.0177. The first-order chi connectivity index (χ1) is 11.1. The minimum atomic E-state index is -3.53. The average Bonchev–Trinajstić information content (AvgIpc) is 3.20. The predicted molar refractivity (Wildman–Crippen MR) is 94.0 cm³/mol. The van der Waals surface area contributed by atoms with Crippen molar-refractivity contribution in [3.05, 3.63) is 38.9 Å². The van der Waals surface area contributed by atoms with E-state index in [1.807, 2.05) is 17.5 Å². The number of ether oxygens (including phenoxy) is 1. The molecule has 1 aliphatic heterocycles. The van der Waals surface area contributed by atoms with Crippen molar-refractivity contribution in [2.24, 2.45) is 0 Å². The molecule has 5 nitrogen and oxygen atoms in total. The van der Waals surface area contributed by atoms with Gasteiger partial charge in [-0.25, -0.2) is 13.1 Å². The third-order valence-electron chi connectivity index (χ3n) is 3.64. The van der Waals surface area contributed by atoms with Crippen LogP contribution in [0.1, 0.15) is 10.9 Å². The quantitative estimate of drug-likeness (QED) is 0.821. The Labute approximate surface area is 148 Å². The molecule has 1 saturated heterocycles. The molecule has 0 aliphatic carbocycles. The van der Waals surface area contributed by atoms with Crippen LogP contribution < -0.4 is 4.72 Å². The summed E-state index contributed by atoms with van der Waals surface area (Å²) >= 11 is 8.54. The molecule has 0 aromatic carbocycles. The molecule has 0 spiro atoms. The number of thiophene rings is 2. The molecule has 1 unspecified atom stereocenters. The van der Waals surface area contributed by atoms with E-state index in [0.717, 1.165) is 29.3 Å². The van der Waals surface area contributed by atoms with Crippen LogP contribution in [0.2, 0.25) is 4.34 Å². The number of nitrogens with zero attached hydrogens (tertiary/aromatic N) is 1. The average molecular weight is 393 g/mol. The molecule has 0 radical (unpaired) electrons. The highest BCUT2D eigenvalue weighted by Crippen LogP contribution is 2.28. The summed E-state index contributed by atoms with van der Waals surface area (Å²) in [6.45, 7) is 3.28. The van der Waals surface area contributed by atoms with Crippen molar-refractivity contribution in [1.29, 1.82) is 0 Å². The zero-order valence-electron chi connectivity index (χ0n) is 12.3. The van der Waals surface area contributed by atoms with Gasteiger partial charge in [-0.3, -0.25) is 4.90 Å². The summed E-state index contributed by atoms with van der Waals surface area (Å²) in [7, 11) is -3.53. The molecule has 2 aromatic heterocycles. The molecule has 1 atom stereocenters. The van der Waals surface area contributed by atoms with Crippen molar-refractivity contribution in [2.45, 2.75) is 10.3 Å². The molecule has 9 heteroatoms. The Morgan fingerprint density at radius 3 is 2.70 bits per heavy atom. The van der Waals surface area contributed by atoms with Gasteiger partial charge in [0, 0.05) is 24.5 Å². The van der Waals surface area contributed by atoms with Crippen molar-refractivity contribution < 1.29 is 13.2 Å². The first-order valence-corrected chi connectivity index (χ1v) is 10.7. The van der Waals surface area contributed by atoms with E-state index in [0.29, 0.717) is 24.1 Å². The maximum absolute atomic E-state index is 12.4. The molecular formula is C14H17ClN2O3S3. The van der Waals surface area contributed by atoms with Gasteiger partial charge in [0.05, 0.1) is 23.6 Å². The summed E-state index contributed by atoms with van der Waals surface area (Å²) in [5.41, 5.74) is 0. The summed E-state index contributed by atoms with van der Waals surface area (Å²) in [6.07, 6.45) is 0. The van der Waals surface area contributed by atoms with Crippen LogP contribution in [0.3, 0.4) is 0 Å². The van der Waals surface area contributed by atoms with Gasteiger partial charge in [-0.1, -0.05) is 17.7 Å². The van der Waals surface area contributed by atoms with E-state index in [2.05, 4.69) is 9.62 Å². The molecule has 2 aromatic rings. The van der Waals surface area contributed by atoms with Crippen molar-refractivity contribution in [3.63, 3.8) is 0 Å². The van der Waals surface area contributed by atoms with Crippen LogP contribution in [-0.2, 0) is 14.8 Å². The number of morpholine rings is 1. The van der Waals surface area contributed by atoms with E-state index >= 15 is 0 Å². The predicted octanol–water partition coefficient (Wildman–Crippen LogP) is 2.81. The number of hydrogen-bond donors (Lipinski definition) is 1. The van der Waals surface area contributed by atoms with E-state index in [1.165, 1.54) is 6.07 Å². The molecule has 1 aliphatic rings. The van der Waals surface area contributed by atoms with Crippen molar-refractivity contribution in [3.8, 4) is 0 Å². The second-order valence-corrected chi connectivity index (χ2v) is 9.78. The smallest absolute Gasteiger partial charge is 0.250 e. The first-order valence-electron chi connectivity index (χ1n) is 7.16. The third-order valence-corrected chi connectivity index (χ3v) is 7.76. The van der Waals surface area contributed by atoms with E-state index in [4.69, 9.17) is 16.3 Å². The maximum Gasteiger partial charge on any atom is 0.250 e. The lowest BCUT2D eigenvalue weighted by Gasteiger charge is -2.34. The lowest BCUT2D eigenvalue weighted by molar-refractivity contribution is 0.0179. The van der Waals surface area contributed by atoms with Gasteiger partial charge >= 0.3 is 0 Å². The largest absolute Gasteiger partial charge is 0.379 e. The SMILES string of the molecule is O=S(=O)(NCC(c1cccs1)N1CCOCC1)c1ccc(Cl)s1. The lowest BCUT2D eigenvalue weighted by Crippen LogP contribution is -2.43. The lowest BCUT2D eigenvalue weighted by atomic mass is 10.2. The first kappa shape index (κ1) is 17.3. The molecule has 3 heterocycles. The van der Waals surface area contributed by atoms with Gasteiger partial charge in [0.2, 0.25) is 10.0 Å². The Morgan fingerprint density at radius 2 is 2.09 bits per heavy atom. The zero-order chi connectivity index (χ0) is 16.3. The Kier molecular flexibility index (Phi) is 5.74. The van der Waals surface area contributed by atoms with Crippen molar-refractivity contribution in [1.82, 2.24) is 9.62 Å². The number of rotatable bonds is 6. The molecule has 0 bridgehead atoms. The minimum Gasteiger partial charge on any atom is -0.379 e. The van der Waals surface area contributed by atoms with Crippen LogP contribution in [-0.4, -0.2) is 46.2 Å². The topological polar surface area (TPSA) is 58.6 Å². The summed E-state index contributed by atoms with van der Waals surface area (Å²) in [6, 6.07) is 7.18. The highest BCUT2D eigenvalue weighted by molar-refractivity contribution is 7.91. The normalized spacial score (nSPS) is 18.1. The highest BCUT2D eigenvalue weighted by Gasteiger charge is 2.26. The number of nitrogens with one attached hydrogen (secondary N) is 1. The van der Waals surface area contributed by atoms with Crippen LogP contribution in [0.15, 0.2) is 33.9 Å². The second kappa shape index (κ2) is 7.60. The highest BCUT2D eigenvalue weighted by atomic mass is 35.5. The number of halogens is 1. The monoisotopic (exact) mass is 392 g/mol. The second-order valence-electron chi connectivity index (χ2n) is 5.09. The summed E-state index contributed by atoms with van der Waals surface area (Å²) in [4.78, 5) is 3.41. The Hall–Kier alpha value is -0.480. The van der Waals surface area contributed by atoms with Crippen LogP contribution in [0.4, 0.5) is 0 Å². The fraction of sp³-hybridized carbons (Fsp3) is 0.429. The fourth-order valence-electron chi connectivity index (χ4n) is 2.48. The van der Waals surface area contributed by atoms with Crippen LogP contribution in [0.25, 0.3) is 0 Å².